The Morgan fingerprint density at radius 1 is 1.19 bits per heavy atom. The molecule has 0 aliphatic heterocycles. The Labute approximate surface area is 151 Å². The number of halogens is 1. The molecule has 2 aromatic carbocycles. The number of rotatable bonds is 4. The summed E-state index contributed by atoms with van der Waals surface area (Å²) in [6.07, 6.45) is 2.07. The van der Waals surface area contributed by atoms with Gasteiger partial charge in [0.15, 0.2) is 0 Å². The Morgan fingerprint density at radius 3 is 2.69 bits per heavy atom. The third-order valence-electron chi connectivity index (χ3n) is 4.84. The summed E-state index contributed by atoms with van der Waals surface area (Å²) < 4.78 is 46.2. The van der Waals surface area contributed by atoms with Gasteiger partial charge in [0.25, 0.3) is 0 Å². The first-order chi connectivity index (χ1) is 12.5. The highest BCUT2D eigenvalue weighted by molar-refractivity contribution is 7.89. The molecule has 5 nitrogen and oxygen atoms in total. The predicted molar refractivity (Wildman–Crippen MR) is 97.4 cm³/mol. The third kappa shape index (κ3) is 3.08. The van der Waals surface area contributed by atoms with Crippen LogP contribution in [0.5, 0.6) is 5.75 Å². The summed E-state index contributed by atoms with van der Waals surface area (Å²) in [6, 6.07) is 10.5. The fraction of sp³-hybridized carbons (Fsp3) is 0.263. The Morgan fingerprint density at radius 2 is 1.96 bits per heavy atom. The van der Waals surface area contributed by atoms with Gasteiger partial charge in [-0.05, 0) is 67.3 Å². The summed E-state index contributed by atoms with van der Waals surface area (Å²) in [5.74, 6) is 0.312. The molecule has 7 heteroatoms. The number of aryl methyl sites for hydroxylation is 1. The molecule has 1 aromatic heterocycles. The summed E-state index contributed by atoms with van der Waals surface area (Å²) in [5, 5.41) is 1.06. The fourth-order valence-corrected chi connectivity index (χ4v) is 4.80. The van der Waals surface area contributed by atoms with Crippen LogP contribution in [0.25, 0.3) is 10.9 Å². The Bertz CT molecular complexity index is 1060. The highest BCUT2D eigenvalue weighted by Gasteiger charge is 2.27. The van der Waals surface area contributed by atoms with Crippen molar-refractivity contribution in [3.8, 4) is 5.75 Å². The van der Waals surface area contributed by atoms with Crippen molar-refractivity contribution >= 4 is 20.9 Å². The average molecular weight is 374 g/mol. The van der Waals surface area contributed by atoms with Gasteiger partial charge in [-0.2, -0.15) is 0 Å². The minimum Gasteiger partial charge on any atom is -0.497 e. The molecule has 136 valence electrons. The maximum Gasteiger partial charge on any atom is 0.240 e. The molecule has 4 rings (SSSR count). The van der Waals surface area contributed by atoms with E-state index in [1.807, 2.05) is 18.2 Å². The smallest absolute Gasteiger partial charge is 0.240 e. The van der Waals surface area contributed by atoms with Crippen LogP contribution in [0, 0.1) is 5.82 Å². The minimum atomic E-state index is -3.68. The van der Waals surface area contributed by atoms with Crippen LogP contribution in [0.3, 0.4) is 0 Å². The molecule has 1 atom stereocenters. The number of ether oxygens (including phenoxy) is 1. The lowest BCUT2D eigenvalue weighted by Crippen LogP contribution is -2.38. The Balaban J connectivity index is 1.61. The lowest BCUT2D eigenvalue weighted by atomic mass is 9.92. The molecule has 1 unspecified atom stereocenters. The SMILES string of the molecule is COc1ccc2[nH]c3c(c2c1)CC(NS(=O)(=O)c1ccc(F)cc1)CC3. The summed E-state index contributed by atoms with van der Waals surface area (Å²) in [4.78, 5) is 3.49. The molecule has 1 aliphatic carbocycles. The highest BCUT2D eigenvalue weighted by atomic mass is 32.2. The van der Waals surface area contributed by atoms with Crippen molar-refractivity contribution in [2.24, 2.45) is 0 Å². The van der Waals surface area contributed by atoms with Crippen molar-refractivity contribution < 1.29 is 17.5 Å². The van der Waals surface area contributed by atoms with Crippen LogP contribution in [-0.4, -0.2) is 26.6 Å². The number of H-pyrrole nitrogens is 1. The zero-order chi connectivity index (χ0) is 18.3. The lowest BCUT2D eigenvalue weighted by Gasteiger charge is -2.23. The van der Waals surface area contributed by atoms with Crippen LogP contribution < -0.4 is 9.46 Å². The predicted octanol–water partition coefficient (Wildman–Crippen LogP) is 3.15. The summed E-state index contributed by atoms with van der Waals surface area (Å²) in [5.41, 5.74) is 3.29. The van der Waals surface area contributed by atoms with E-state index in [9.17, 15) is 12.8 Å². The molecule has 1 heterocycles. The molecule has 0 radical (unpaired) electrons. The third-order valence-corrected chi connectivity index (χ3v) is 6.38. The zero-order valence-corrected chi connectivity index (χ0v) is 15.1. The molecule has 0 bridgehead atoms. The molecular formula is C19H19FN2O3S. The first-order valence-corrected chi connectivity index (χ1v) is 9.90. The van der Waals surface area contributed by atoms with E-state index in [2.05, 4.69) is 9.71 Å². The second kappa shape index (κ2) is 6.41. The zero-order valence-electron chi connectivity index (χ0n) is 14.3. The average Bonchev–Trinajstić information content (AvgIpc) is 2.99. The van der Waals surface area contributed by atoms with Gasteiger partial charge in [0.2, 0.25) is 10.0 Å². The van der Waals surface area contributed by atoms with Crippen molar-refractivity contribution in [2.75, 3.05) is 7.11 Å². The van der Waals surface area contributed by atoms with E-state index >= 15 is 0 Å². The number of benzene rings is 2. The van der Waals surface area contributed by atoms with Gasteiger partial charge in [-0.1, -0.05) is 0 Å². The van der Waals surface area contributed by atoms with Gasteiger partial charge in [-0.3, -0.25) is 0 Å². The Hall–Kier alpha value is -2.38. The maximum atomic E-state index is 13.0. The van der Waals surface area contributed by atoms with E-state index in [-0.39, 0.29) is 10.9 Å². The van der Waals surface area contributed by atoms with E-state index in [0.29, 0.717) is 12.8 Å². The monoisotopic (exact) mass is 374 g/mol. The normalized spacial score (nSPS) is 17.2. The Kier molecular flexibility index (Phi) is 4.20. The van der Waals surface area contributed by atoms with E-state index in [1.54, 1.807) is 7.11 Å². The second-order valence-electron chi connectivity index (χ2n) is 6.51. The first-order valence-electron chi connectivity index (χ1n) is 8.41. The van der Waals surface area contributed by atoms with Gasteiger partial charge in [0, 0.05) is 22.6 Å². The number of fused-ring (bicyclic) bond motifs is 3. The van der Waals surface area contributed by atoms with Gasteiger partial charge in [-0.25, -0.2) is 17.5 Å². The fourth-order valence-electron chi connectivity index (χ4n) is 3.52. The number of aromatic amines is 1. The second-order valence-corrected chi connectivity index (χ2v) is 8.22. The lowest BCUT2D eigenvalue weighted by molar-refractivity contribution is 0.415. The van der Waals surface area contributed by atoms with Gasteiger partial charge in [0.05, 0.1) is 12.0 Å². The topological polar surface area (TPSA) is 71.2 Å². The number of hydrogen-bond donors (Lipinski definition) is 2. The molecule has 0 spiro atoms. The van der Waals surface area contributed by atoms with E-state index < -0.39 is 15.8 Å². The number of aromatic nitrogens is 1. The van der Waals surface area contributed by atoms with Gasteiger partial charge >= 0.3 is 0 Å². The molecular weight excluding hydrogens is 355 g/mol. The summed E-state index contributed by atoms with van der Waals surface area (Å²) >= 11 is 0. The number of sulfonamides is 1. The van der Waals surface area contributed by atoms with Gasteiger partial charge < -0.3 is 9.72 Å². The van der Waals surface area contributed by atoms with E-state index in [4.69, 9.17) is 4.74 Å². The molecule has 0 amide bonds. The van der Waals surface area contributed by atoms with Crippen molar-refractivity contribution in [3.63, 3.8) is 0 Å². The molecule has 3 aromatic rings. The van der Waals surface area contributed by atoms with E-state index in [0.717, 1.165) is 46.5 Å². The minimum absolute atomic E-state index is 0.0743. The first kappa shape index (κ1) is 17.1. The molecule has 0 saturated heterocycles. The highest BCUT2D eigenvalue weighted by Crippen LogP contribution is 2.32. The molecule has 2 N–H and O–H groups in total. The van der Waals surface area contributed by atoms with Gasteiger partial charge in [-0.15, -0.1) is 0 Å². The van der Waals surface area contributed by atoms with Crippen molar-refractivity contribution in [3.05, 3.63) is 59.5 Å². The summed E-state index contributed by atoms with van der Waals surface area (Å²) in [6.45, 7) is 0. The molecule has 1 aliphatic rings. The molecule has 26 heavy (non-hydrogen) atoms. The largest absolute Gasteiger partial charge is 0.497 e. The van der Waals surface area contributed by atoms with Crippen LogP contribution in [0.2, 0.25) is 0 Å². The van der Waals surface area contributed by atoms with Gasteiger partial charge in [0.1, 0.15) is 11.6 Å². The quantitative estimate of drug-likeness (QED) is 0.737. The van der Waals surface area contributed by atoms with Crippen molar-refractivity contribution in [2.45, 2.75) is 30.2 Å². The van der Waals surface area contributed by atoms with Crippen LogP contribution in [0.1, 0.15) is 17.7 Å². The number of methoxy groups -OCH3 is 1. The number of hydrogen-bond acceptors (Lipinski definition) is 3. The van der Waals surface area contributed by atoms with Crippen molar-refractivity contribution in [1.29, 1.82) is 0 Å². The van der Waals surface area contributed by atoms with Crippen LogP contribution in [0.4, 0.5) is 4.39 Å². The van der Waals surface area contributed by atoms with Crippen LogP contribution in [-0.2, 0) is 22.9 Å². The molecule has 0 saturated carbocycles. The maximum absolute atomic E-state index is 13.0. The standard InChI is InChI=1S/C19H19FN2O3S/c1-25-14-5-9-19-17(11-14)16-10-13(4-8-18(16)21-19)22-26(23,24)15-6-2-12(20)3-7-15/h2-3,5-7,9,11,13,21-22H,4,8,10H2,1H3. The van der Waals surface area contributed by atoms with Crippen molar-refractivity contribution in [1.82, 2.24) is 9.71 Å². The summed E-state index contributed by atoms with van der Waals surface area (Å²) in [7, 11) is -2.06. The van der Waals surface area contributed by atoms with E-state index in [1.165, 1.54) is 12.1 Å². The number of nitrogens with one attached hydrogen (secondary N) is 2. The molecule has 0 fully saturated rings. The van der Waals surface area contributed by atoms with Crippen LogP contribution in [0.15, 0.2) is 47.4 Å². The van der Waals surface area contributed by atoms with Crippen LogP contribution >= 0.6 is 0 Å².